The van der Waals surface area contributed by atoms with Gasteiger partial charge in [0.2, 0.25) is 0 Å². The molecule has 0 saturated carbocycles. The molecule has 114 valence electrons. The van der Waals surface area contributed by atoms with Gasteiger partial charge in [0, 0.05) is 11.1 Å². The van der Waals surface area contributed by atoms with Crippen LogP contribution in [0.1, 0.15) is 30.5 Å². The average molecular weight is 299 g/mol. The average Bonchev–Trinajstić information content (AvgIpc) is 2.77. The Bertz CT molecular complexity index is 905. The van der Waals surface area contributed by atoms with Gasteiger partial charge < -0.3 is 5.73 Å². The number of anilines is 1. The molecule has 0 amide bonds. The molecule has 1 heteroatoms. The molecule has 3 aromatic carbocycles. The van der Waals surface area contributed by atoms with Crippen molar-refractivity contribution in [3.8, 4) is 22.3 Å². The van der Waals surface area contributed by atoms with E-state index < -0.39 is 0 Å². The molecular formula is C22H21N. The maximum Gasteiger partial charge on any atom is 0.0317 e. The lowest BCUT2D eigenvalue weighted by atomic mass is 9.79. The molecule has 1 aliphatic carbocycles. The van der Waals surface area contributed by atoms with E-state index in [0.717, 1.165) is 5.69 Å². The van der Waals surface area contributed by atoms with Gasteiger partial charge in [-0.05, 0) is 58.0 Å². The Kier molecular flexibility index (Phi) is 2.89. The molecular weight excluding hydrogens is 278 g/mol. The predicted octanol–water partition coefficient (Wildman–Crippen LogP) is 5.55. The molecule has 0 fully saturated rings. The third kappa shape index (κ3) is 1.93. The molecule has 0 atom stereocenters. The zero-order valence-corrected chi connectivity index (χ0v) is 13.9. The summed E-state index contributed by atoms with van der Waals surface area (Å²) in [4.78, 5) is 0. The fourth-order valence-corrected chi connectivity index (χ4v) is 4.08. The summed E-state index contributed by atoms with van der Waals surface area (Å²) in [6.07, 6.45) is 0. The van der Waals surface area contributed by atoms with Crippen LogP contribution in [0.3, 0.4) is 0 Å². The van der Waals surface area contributed by atoms with Gasteiger partial charge >= 0.3 is 0 Å². The number of benzene rings is 3. The number of aryl methyl sites for hydroxylation is 1. The van der Waals surface area contributed by atoms with Crippen molar-refractivity contribution in [3.05, 3.63) is 77.4 Å². The Hall–Kier alpha value is -2.54. The number of rotatable bonds is 1. The number of nitrogens with two attached hydrogens (primary N) is 1. The third-order valence-electron chi connectivity index (χ3n) is 5.11. The van der Waals surface area contributed by atoms with Crippen molar-refractivity contribution in [2.45, 2.75) is 26.2 Å². The SMILES string of the molecule is Cc1ccc(-c2ccccc2)c2c1C(C)(C)c1cc(N)ccc1-2. The molecule has 0 spiro atoms. The van der Waals surface area contributed by atoms with Crippen LogP contribution in [0.25, 0.3) is 22.3 Å². The molecule has 0 unspecified atom stereocenters. The number of hydrogen-bond donors (Lipinski definition) is 1. The minimum atomic E-state index is -0.0189. The molecule has 23 heavy (non-hydrogen) atoms. The van der Waals surface area contributed by atoms with Crippen LogP contribution < -0.4 is 5.73 Å². The first-order chi connectivity index (χ1) is 11.0. The highest BCUT2D eigenvalue weighted by molar-refractivity contribution is 5.93. The predicted molar refractivity (Wildman–Crippen MR) is 98.6 cm³/mol. The highest BCUT2D eigenvalue weighted by Gasteiger charge is 2.38. The van der Waals surface area contributed by atoms with Crippen LogP contribution >= 0.6 is 0 Å². The normalized spacial score (nSPS) is 14.4. The minimum absolute atomic E-state index is 0.0189. The van der Waals surface area contributed by atoms with E-state index in [0.29, 0.717) is 0 Å². The molecule has 0 aromatic heterocycles. The van der Waals surface area contributed by atoms with Crippen molar-refractivity contribution < 1.29 is 0 Å². The molecule has 0 bridgehead atoms. The van der Waals surface area contributed by atoms with E-state index in [-0.39, 0.29) is 5.41 Å². The standard InChI is InChI=1S/C22H21N/c1-14-9-11-17(15-7-5-4-6-8-15)20-18-12-10-16(23)13-19(18)22(2,3)21(14)20/h4-13H,23H2,1-3H3. The van der Waals surface area contributed by atoms with Crippen LogP contribution in [0.15, 0.2) is 60.7 Å². The van der Waals surface area contributed by atoms with Crippen LogP contribution in [-0.4, -0.2) is 0 Å². The second-order valence-electron chi connectivity index (χ2n) is 6.98. The summed E-state index contributed by atoms with van der Waals surface area (Å²) in [6, 6.07) is 21.5. The summed E-state index contributed by atoms with van der Waals surface area (Å²) in [7, 11) is 0. The first-order valence-corrected chi connectivity index (χ1v) is 8.10. The molecule has 0 aliphatic heterocycles. The van der Waals surface area contributed by atoms with Crippen LogP contribution in [0.2, 0.25) is 0 Å². The third-order valence-corrected chi connectivity index (χ3v) is 5.11. The smallest absolute Gasteiger partial charge is 0.0317 e. The zero-order valence-electron chi connectivity index (χ0n) is 13.9. The summed E-state index contributed by atoms with van der Waals surface area (Å²) in [5, 5.41) is 0. The minimum Gasteiger partial charge on any atom is -0.399 e. The van der Waals surface area contributed by atoms with Gasteiger partial charge in [0.05, 0.1) is 0 Å². The highest BCUT2D eigenvalue weighted by atomic mass is 14.6. The molecule has 1 nitrogen and oxygen atoms in total. The maximum atomic E-state index is 6.07. The Morgan fingerprint density at radius 1 is 0.826 bits per heavy atom. The second kappa shape index (κ2) is 4.73. The van der Waals surface area contributed by atoms with Crippen LogP contribution in [0, 0.1) is 6.92 Å². The van der Waals surface area contributed by atoms with Gasteiger partial charge in [-0.1, -0.05) is 62.4 Å². The molecule has 1 aliphatic rings. The van der Waals surface area contributed by atoms with Gasteiger partial charge in [-0.15, -0.1) is 0 Å². The van der Waals surface area contributed by atoms with E-state index in [1.165, 1.54) is 38.9 Å². The summed E-state index contributed by atoms with van der Waals surface area (Å²) >= 11 is 0. The molecule has 4 rings (SSSR count). The Labute approximate surface area is 137 Å². The fourth-order valence-electron chi connectivity index (χ4n) is 4.08. The largest absolute Gasteiger partial charge is 0.399 e. The van der Waals surface area contributed by atoms with Crippen molar-refractivity contribution in [1.29, 1.82) is 0 Å². The van der Waals surface area contributed by atoms with Gasteiger partial charge in [-0.25, -0.2) is 0 Å². The van der Waals surface area contributed by atoms with Gasteiger partial charge in [-0.2, -0.15) is 0 Å². The zero-order chi connectivity index (χ0) is 16.2. The van der Waals surface area contributed by atoms with Gasteiger partial charge in [0.15, 0.2) is 0 Å². The summed E-state index contributed by atoms with van der Waals surface area (Å²) in [6.45, 7) is 6.82. The second-order valence-corrected chi connectivity index (χ2v) is 6.98. The molecule has 3 aromatic rings. The molecule has 0 radical (unpaired) electrons. The number of fused-ring (bicyclic) bond motifs is 3. The van der Waals surface area contributed by atoms with E-state index >= 15 is 0 Å². The first kappa shape index (κ1) is 14.1. The number of hydrogen-bond acceptors (Lipinski definition) is 1. The van der Waals surface area contributed by atoms with Crippen LogP contribution in [-0.2, 0) is 5.41 Å². The van der Waals surface area contributed by atoms with Crippen molar-refractivity contribution >= 4 is 5.69 Å². The van der Waals surface area contributed by atoms with E-state index in [1.54, 1.807) is 0 Å². The summed E-state index contributed by atoms with van der Waals surface area (Å²) in [5.74, 6) is 0. The van der Waals surface area contributed by atoms with E-state index in [2.05, 4.69) is 75.4 Å². The van der Waals surface area contributed by atoms with Crippen LogP contribution in [0.5, 0.6) is 0 Å². The summed E-state index contributed by atoms with van der Waals surface area (Å²) < 4.78 is 0. The number of nitrogen functional groups attached to an aromatic ring is 1. The molecule has 0 saturated heterocycles. The van der Waals surface area contributed by atoms with Crippen molar-refractivity contribution in [3.63, 3.8) is 0 Å². The van der Waals surface area contributed by atoms with E-state index in [1.807, 2.05) is 6.07 Å². The monoisotopic (exact) mass is 299 g/mol. The quantitative estimate of drug-likeness (QED) is 0.586. The highest BCUT2D eigenvalue weighted by Crippen LogP contribution is 2.53. The molecule has 0 heterocycles. The van der Waals surface area contributed by atoms with Gasteiger partial charge in [-0.3, -0.25) is 0 Å². The maximum absolute atomic E-state index is 6.07. The van der Waals surface area contributed by atoms with Crippen LogP contribution in [0.4, 0.5) is 5.69 Å². The fraction of sp³-hybridized carbons (Fsp3) is 0.182. The molecule has 2 N–H and O–H groups in total. The lowest BCUT2D eigenvalue weighted by molar-refractivity contribution is 0.656. The Morgan fingerprint density at radius 2 is 1.52 bits per heavy atom. The first-order valence-electron chi connectivity index (χ1n) is 8.10. The topological polar surface area (TPSA) is 26.0 Å². The van der Waals surface area contributed by atoms with E-state index in [4.69, 9.17) is 5.73 Å². The van der Waals surface area contributed by atoms with Gasteiger partial charge in [0.25, 0.3) is 0 Å². The summed E-state index contributed by atoms with van der Waals surface area (Å²) in [5.41, 5.74) is 16.3. The van der Waals surface area contributed by atoms with Crippen molar-refractivity contribution in [1.82, 2.24) is 0 Å². The van der Waals surface area contributed by atoms with Crippen molar-refractivity contribution in [2.24, 2.45) is 0 Å². The van der Waals surface area contributed by atoms with Gasteiger partial charge in [0.1, 0.15) is 0 Å². The Balaban J connectivity index is 2.11. The lowest BCUT2D eigenvalue weighted by Gasteiger charge is -2.24. The van der Waals surface area contributed by atoms with E-state index in [9.17, 15) is 0 Å². The van der Waals surface area contributed by atoms with Crippen molar-refractivity contribution in [2.75, 3.05) is 5.73 Å². The lowest BCUT2D eigenvalue weighted by Crippen LogP contribution is -2.16. The Morgan fingerprint density at radius 3 is 2.26 bits per heavy atom.